The Balaban J connectivity index is 1.91. The second-order valence-electron chi connectivity index (χ2n) is 4.54. The van der Waals surface area contributed by atoms with E-state index in [2.05, 4.69) is 15.5 Å². The number of likely N-dealkylation sites (N-methyl/N-ethyl adjacent to an activating group) is 1. The minimum Gasteiger partial charge on any atom is -0.481 e. The van der Waals surface area contributed by atoms with Gasteiger partial charge in [-0.15, -0.1) is 0 Å². The molecule has 102 valence electrons. The van der Waals surface area contributed by atoms with Gasteiger partial charge in [0.05, 0.1) is 6.42 Å². The summed E-state index contributed by atoms with van der Waals surface area (Å²) in [6.45, 7) is 1.11. The van der Waals surface area contributed by atoms with Crippen molar-refractivity contribution in [3.05, 3.63) is 23.8 Å². The maximum absolute atomic E-state index is 11.5. The van der Waals surface area contributed by atoms with Crippen molar-refractivity contribution in [1.29, 1.82) is 0 Å². The van der Waals surface area contributed by atoms with Crippen molar-refractivity contribution in [1.82, 2.24) is 5.32 Å². The second-order valence-corrected chi connectivity index (χ2v) is 4.54. The van der Waals surface area contributed by atoms with Crippen molar-refractivity contribution >= 4 is 23.4 Å². The molecule has 6 heteroatoms. The summed E-state index contributed by atoms with van der Waals surface area (Å²) in [5, 5.41) is 13.7. The number of carbonyl (C=O) groups excluding carboxylic acids is 1. The van der Waals surface area contributed by atoms with Gasteiger partial charge in [-0.3, -0.25) is 4.79 Å². The molecule has 0 fully saturated rings. The predicted molar refractivity (Wildman–Crippen MR) is 72.7 cm³/mol. The maximum atomic E-state index is 11.5. The first-order valence-electron chi connectivity index (χ1n) is 6.17. The van der Waals surface area contributed by atoms with E-state index < -0.39 is 5.97 Å². The molecule has 1 aromatic carbocycles. The van der Waals surface area contributed by atoms with Gasteiger partial charge < -0.3 is 20.6 Å². The van der Waals surface area contributed by atoms with Gasteiger partial charge in [-0.25, -0.2) is 4.79 Å². The van der Waals surface area contributed by atoms with Gasteiger partial charge in [0.25, 0.3) is 0 Å². The van der Waals surface area contributed by atoms with Gasteiger partial charge in [-0.05, 0) is 24.1 Å². The number of nitrogens with one attached hydrogen (secondary N) is 2. The van der Waals surface area contributed by atoms with Crippen molar-refractivity contribution in [3.63, 3.8) is 0 Å². The molecule has 0 spiro atoms. The van der Waals surface area contributed by atoms with Gasteiger partial charge in [0.15, 0.2) is 0 Å². The second kappa shape index (κ2) is 5.60. The molecule has 0 atom stereocenters. The third kappa shape index (κ3) is 3.37. The van der Waals surface area contributed by atoms with Crippen molar-refractivity contribution in [2.75, 3.05) is 30.4 Å². The van der Waals surface area contributed by atoms with Crippen molar-refractivity contribution in [2.45, 2.75) is 12.8 Å². The summed E-state index contributed by atoms with van der Waals surface area (Å²) >= 11 is 0. The van der Waals surface area contributed by atoms with Crippen LogP contribution in [0.15, 0.2) is 18.2 Å². The molecule has 1 aromatic rings. The van der Waals surface area contributed by atoms with Crippen LogP contribution < -0.4 is 15.5 Å². The summed E-state index contributed by atoms with van der Waals surface area (Å²) in [7, 11) is 2.02. The van der Waals surface area contributed by atoms with E-state index in [9.17, 15) is 9.59 Å². The molecule has 0 radical (unpaired) electrons. The standard InChI is InChI=1S/C13H17N3O3/c1-16-7-5-9-2-3-10(8-11(9)16)15-13(19)14-6-4-12(17)18/h2-3,8H,4-7H2,1H3,(H,17,18)(H2,14,15,19). The van der Waals surface area contributed by atoms with Gasteiger partial charge in [-0.1, -0.05) is 6.07 Å². The molecule has 1 heterocycles. The van der Waals surface area contributed by atoms with E-state index in [0.29, 0.717) is 5.69 Å². The molecule has 1 aliphatic heterocycles. The number of anilines is 2. The molecule has 2 rings (SSSR count). The number of amides is 2. The number of carboxylic acid groups (broad SMARTS) is 1. The Hall–Kier alpha value is -2.24. The van der Waals surface area contributed by atoms with Crippen LogP contribution in [0.2, 0.25) is 0 Å². The number of rotatable bonds is 4. The molecule has 3 N–H and O–H groups in total. The fraction of sp³-hybridized carbons (Fsp3) is 0.385. The summed E-state index contributed by atoms with van der Waals surface area (Å²) in [5.41, 5.74) is 3.11. The van der Waals surface area contributed by atoms with E-state index in [1.54, 1.807) is 0 Å². The largest absolute Gasteiger partial charge is 0.481 e. The van der Waals surface area contributed by atoms with Crippen LogP contribution in [-0.2, 0) is 11.2 Å². The number of carbonyl (C=O) groups is 2. The Labute approximate surface area is 111 Å². The number of urea groups is 1. The first kappa shape index (κ1) is 13.2. The zero-order chi connectivity index (χ0) is 13.8. The lowest BCUT2D eigenvalue weighted by molar-refractivity contribution is -0.136. The van der Waals surface area contributed by atoms with Crippen LogP contribution >= 0.6 is 0 Å². The highest BCUT2D eigenvalue weighted by atomic mass is 16.4. The Morgan fingerprint density at radius 1 is 1.42 bits per heavy atom. The Morgan fingerprint density at radius 2 is 2.21 bits per heavy atom. The number of hydrogen-bond donors (Lipinski definition) is 3. The van der Waals surface area contributed by atoms with Gasteiger partial charge >= 0.3 is 12.0 Å². The molecule has 2 amide bonds. The molecule has 0 saturated heterocycles. The summed E-state index contributed by atoms with van der Waals surface area (Å²) in [6, 6.07) is 5.40. The Morgan fingerprint density at radius 3 is 2.95 bits per heavy atom. The third-order valence-electron chi connectivity index (χ3n) is 3.10. The summed E-state index contributed by atoms with van der Waals surface area (Å²) in [5.74, 6) is -0.931. The number of nitrogens with zero attached hydrogens (tertiary/aromatic N) is 1. The molecule has 0 saturated carbocycles. The Bertz CT molecular complexity index is 502. The monoisotopic (exact) mass is 263 g/mol. The zero-order valence-electron chi connectivity index (χ0n) is 10.8. The van der Waals surface area contributed by atoms with Crippen LogP contribution in [0.5, 0.6) is 0 Å². The molecule has 6 nitrogen and oxygen atoms in total. The molecule has 0 bridgehead atoms. The fourth-order valence-corrected chi connectivity index (χ4v) is 2.08. The number of carboxylic acids is 1. The van der Waals surface area contributed by atoms with Crippen molar-refractivity contribution < 1.29 is 14.7 Å². The lowest BCUT2D eigenvalue weighted by Crippen LogP contribution is -2.30. The molecule has 0 aliphatic carbocycles. The first-order valence-corrected chi connectivity index (χ1v) is 6.17. The summed E-state index contributed by atoms with van der Waals surface area (Å²) < 4.78 is 0. The molecule has 1 aliphatic rings. The van der Waals surface area contributed by atoms with Gasteiger partial charge in [0, 0.05) is 31.5 Å². The van der Waals surface area contributed by atoms with Crippen LogP contribution in [0.3, 0.4) is 0 Å². The van der Waals surface area contributed by atoms with E-state index in [-0.39, 0.29) is 19.0 Å². The number of hydrogen-bond acceptors (Lipinski definition) is 3. The smallest absolute Gasteiger partial charge is 0.319 e. The van der Waals surface area contributed by atoms with Crippen molar-refractivity contribution in [2.24, 2.45) is 0 Å². The third-order valence-corrected chi connectivity index (χ3v) is 3.10. The highest BCUT2D eigenvalue weighted by molar-refractivity contribution is 5.90. The number of aliphatic carboxylic acids is 1. The number of fused-ring (bicyclic) bond motifs is 1. The predicted octanol–water partition coefficient (Wildman–Crippen LogP) is 1.28. The highest BCUT2D eigenvalue weighted by Crippen LogP contribution is 2.29. The summed E-state index contributed by atoms with van der Waals surface area (Å²) in [6.07, 6.45) is 0.942. The van der Waals surface area contributed by atoms with E-state index in [1.807, 2.05) is 25.2 Å². The number of benzene rings is 1. The SMILES string of the molecule is CN1CCc2ccc(NC(=O)NCCC(=O)O)cc21. The molecule has 0 unspecified atom stereocenters. The van der Waals surface area contributed by atoms with E-state index in [4.69, 9.17) is 5.11 Å². The van der Waals surface area contributed by atoms with Crippen LogP contribution in [0.1, 0.15) is 12.0 Å². The molecule has 0 aromatic heterocycles. The van der Waals surface area contributed by atoms with Crippen LogP contribution in [0.4, 0.5) is 16.2 Å². The minimum absolute atomic E-state index is 0.0830. The van der Waals surface area contributed by atoms with E-state index in [0.717, 1.165) is 18.7 Å². The van der Waals surface area contributed by atoms with Crippen molar-refractivity contribution in [3.8, 4) is 0 Å². The quantitative estimate of drug-likeness (QED) is 0.764. The van der Waals surface area contributed by atoms with Crippen LogP contribution in [-0.4, -0.2) is 37.2 Å². The highest BCUT2D eigenvalue weighted by Gasteiger charge is 2.16. The fourth-order valence-electron chi connectivity index (χ4n) is 2.08. The van der Waals surface area contributed by atoms with Gasteiger partial charge in [0.2, 0.25) is 0 Å². The zero-order valence-corrected chi connectivity index (χ0v) is 10.8. The average Bonchev–Trinajstić information content (AvgIpc) is 2.70. The lowest BCUT2D eigenvalue weighted by Gasteiger charge is -2.13. The molecular weight excluding hydrogens is 246 g/mol. The summed E-state index contributed by atoms with van der Waals surface area (Å²) in [4.78, 5) is 24.0. The molecular formula is C13H17N3O3. The van der Waals surface area contributed by atoms with Gasteiger partial charge in [0.1, 0.15) is 0 Å². The van der Waals surface area contributed by atoms with Gasteiger partial charge in [-0.2, -0.15) is 0 Å². The molecule has 19 heavy (non-hydrogen) atoms. The Kier molecular flexibility index (Phi) is 3.89. The maximum Gasteiger partial charge on any atom is 0.319 e. The van der Waals surface area contributed by atoms with Crippen LogP contribution in [0, 0.1) is 0 Å². The topological polar surface area (TPSA) is 81.7 Å². The average molecular weight is 263 g/mol. The van der Waals surface area contributed by atoms with E-state index >= 15 is 0 Å². The van der Waals surface area contributed by atoms with Crippen LogP contribution in [0.25, 0.3) is 0 Å². The first-order chi connectivity index (χ1) is 9.06. The minimum atomic E-state index is -0.931. The van der Waals surface area contributed by atoms with E-state index in [1.165, 1.54) is 5.56 Å². The normalized spacial score (nSPS) is 13.0. The lowest BCUT2D eigenvalue weighted by atomic mass is 10.1.